The number of rotatable bonds is 4. The van der Waals surface area contributed by atoms with Gasteiger partial charge in [0.25, 0.3) is 0 Å². The van der Waals surface area contributed by atoms with E-state index in [0.717, 1.165) is 56.2 Å². The molecule has 0 aliphatic heterocycles. The first-order valence-electron chi connectivity index (χ1n) is 6.09. The van der Waals surface area contributed by atoms with Crippen LogP contribution < -0.4 is 8.92 Å². The Morgan fingerprint density at radius 1 is 0.571 bits per heavy atom. The van der Waals surface area contributed by atoms with Crippen molar-refractivity contribution in [3.8, 4) is 0 Å². The molecular formula is C12H10P4Se5. The van der Waals surface area contributed by atoms with Crippen molar-refractivity contribution in [1.82, 2.24) is 0 Å². The van der Waals surface area contributed by atoms with Gasteiger partial charge >= 0.3 is 157 Å². The third-order valence-electron chi connectivity index (χ3n) is 2.54. The summed E-state index contributed by atoms with van der Waals surface area (Å²) in [5.74, 6) is 0. The summed E-state index contributed by atoms with van der Waals surface area (Å²) in [6, 6.07) is 22.9. The van der Waals surface area contributed by atoms with E-state index in [1.165, 1.54) is 13.6 Å². The Kier molecular flexibility index (Phi) is 6.42. The molecule has 0 fully saturated rings. The van der Waals surface area contributed by atoms with Crippen LogP contribution in [0.3, 0.4) is 0 Å². The summed E-state index contributed by atoms with van der Waals surface area (Å²) in [5.41, 5.74) is 0. The van der Waals surface area contributed by atoms with E-state index in [0.29, 0.717) is 17.8 Å². The van der Waals surface area contributed by atoms with E-state index < -0.39 is 0 Å². The van der Waals surface area contributed by atoms with Crippen molar-refractivity contribution in [2.24, 2.45) is 0 Å². The van der Waals surface area contributed by atoms with Gasteiger partial charge in [0.2, 0.25) is 0 Å². The van der Waals surface area contributed by atoms with Gasteiger partial charge in [-0.25, -0.2) is 0 Å². The number of hydrogen-bond acceptors (Lipinski definition) is 0. The van der Waals surface area contributed by atoms with Gasteiger partial charge in [0, 0.05) is 0 Å². The fourth-order valence-corrected chi connectivity index (χ4v) is 329. The molecule has 2 aromatic carbocycles. The van der Waals surface area contributed by atoms with Crippen molar-refractivity contribution in [3.63, 3.8) is 0 Å². The molecule has 4 aromatic rings. The third-order valence-corrected chi connectivity index (χ3v) is 160. The van der Waals surface area contributed by atoms with Crippen LogP contribution in [0.5, 0.6) is 0 Å². The fraction of sp³-hybridized carbons (Fsp3) is 0. The minimum absolute atomic E-state index is 0.564. The molecule has 0 nitrogen and oxygen atoms in total. The number of benzene rings is 2. The summed E-state index contributed by atoms with van der Waals surface area (Å²) in [4.78, 5) is 0. The van der Waals surface area contributed by atoms with Gasteiger partial charge in [0.1, 0.15) is 0 Å². The van der Waals surface area contributed by atoms with E-state index >= 15 is 0 Å². The molecule has 0 radical (unpaired) electrons. The molecule has 0 aliphatic carbocycles. The minimum atomic E-state index is 0.564. The van der Waals surface area contributed by atoms with Crippen LogP contribution in [0, 0.1) is 0 Å². The van der Waals surface area contributed by atoms with Gasteiger partial charge in [-0.05, 0) is 0 Å². The summed E-state index contributed by atoms with van der Waals surface area (Å²) in [6.07, 6.45) is 0. The van der Waals surface area contributed by atoms with Crippen LogP contribution in [0.25, 0.3) is 0 Å². The topological polar surface area (TPSA) is 0 Å². The molecule has 0 amide bonds. The van der Waals surface area contributed by atoms with Crippen molar-refractivity contribution >= 4 is 96.5 Å². The molecule has 108 valence electrons. The number of hydrogen-bond donors (Lipinski definition) is 0. The van der Waals surface area contributed by atoms with Crippen LogP contribution in [0.15, 0.2) is 60.7 Å². The van der Waals surface area contributed by atoms with Gasteiger partial charge in [-0.15, -0.1) is 0 Å². The molecule has 0 N–H and O–H groups in total. The van der Waals surface area contributed by atoms with Crippen molar-refractivity contribution in [3.05, 3.63) is 60.7 Å². The zero-order chi connectivity index (χ0) is 14.1. The second kappa shape index (κ2) is 8.08. The maximum absolute atomic E-state index is 2.39. The molecule has 4 atom stereocenters. The van der Waals surface area contributed by atoms with E-state index in [-0.39, 0.29) is 0 Å². The maximum atomic E-state index is 2.39. The Morgan fingerprint density at radius 2 is 1.00 bits per heavy atom. The van der Waals surface area contributed by atoms with Gasteiger partial charge in [0.05, 0.1) is 0 Å². The monoisotopic (exact) mass is 678 g/mol. The molecule has 21 heavy (non-hydrogen) atoms. The van der Waals surface area contributed by atoms with E-state index in [1.54, 1.807) is 8.92 Å². The van der Waals surface area contributed by atoms with Crippen LogP contribution >= 0.6 is 17.8 Å². The van der Waals surface area contributed by atoms with Crippen LogP contribution in [-0.2, 0) is 0 Å². The SMILES string of the molecule is c1ccc([Se]p2[se]p3[se]p2[se]p3[Se]c2ccccc2)cc1. The quantitative estimate of drug-likeness (QED) is 0.293. The van der Waals surface area contributed by atoms with E-state index in [1.807, 2.05) is 0 Å². The predicted molar refractivity (Wildman–Crippen MR) is 109 cm³/mol. The van der Waals surface area contributed by atoms with Crippen molar-refractivity contribution in [2.75, 3.05) is 0 Å². The molecule has 0 spiro atoms. The van der Waals surface area contributed by atoms with E-state index in [2.05, 4.69) is 60.7 Å². The van der Waals surface area contributed by atoms with Crippen LogP contribution in [0.1, 0.15) is 0 Å². The van der Waals surface area contributed by atoms with Crippen molar-refractivity contribution < 1.29 is 0 Å². The molecule has 0 aliphatic rings. The van der Waals surface area contributed by atoms with Gasteiger partial charge in [-0.3, -0.25) is 0 Å². The molecule has 2 aromatic heterocycles. The Labute approximate surface area is 155 Å². The van der Waals surface area contributed by atoms with Gasteiger partial charge < -0.3 is 0 Å². The molecule has 2 bridgehead atoms. The normalized spacial score (nSPS) is 14.7. The average molecular weight is 673 g/mol. The van der Waals surface area contributed by atoms with Crippen molar-refractivity contribution in [2.45, 2.75) is 0 Å². The first-order valence-corrected chi connectivity index (χ1v) is 32.3. The first kappa shape index (κ1) is 16.7. The fourth-order valence-electron chi connectivity index (χ4n) is 1.63. The second-order valence-corrected chi connectivity index (χ2v) is 73.6. The van der Waals surface area contributed by atoms with Crippen LogP contribution in [0.2, 0.25) is 0 Å². The van der Waals surface area contributed by atoms with E-state index in [4.69, 9.17) is 0 Å². The molecular weight excluding hydrogens is 663 g/mol. The zero-order valence-electron chi connectivity index (χ0n) is 10.6. The molecule has 4 rings (SSSR count). The Morgan fingerprint density at radius 3 is 1.38 bits per heavy atom. The second-order valence-electron chi connectivity index (χ2n) is 4.00. The van der Waals surface area contributed by atoms with Gasteiger partial charge in [-0.1, -0.05) is 0 Å². The average Bonchev–Trinajstić information content (AvgIpc) is 3.09. The third kappa shape index (κ3) is 4.26. The Bertz CT molecular complexity index is 781. The molecule has 9 heteroatoms. The summed E-state index contributed by atoms with van der Waals surface area (Å²) in [6.45, 7) is 0. The van der Waals surface area contributed by atoms with Crippen LogP contribution in [0.4, 0.5) is 0 Å². The molecule has 2 heterocycles. The summed E-state index contributed by atoms with van der Waals surface area (Å²) in [7, 11) is 0. The summed E-state index contributed by atoms with van der Waals surface area (Å²) < 4.78 is 5.79. The zero-order valence-corrected chi connectivity index (χ0v) is 22.7. The number of fused-ring (bicyclic) bond motifs is 2. The Balaban J connectivity index is 1.58. The molecule has 0 saturated heterocycles. The first-order chi connectivity index (χ1) is 10.4. The predicted octanol–water partition coefficient (Wildman–Crippen LogP) is 3.26. The summed E-state index contributed by atoms with van der Waals surface area (Å²) in [5, 5.41) is 0. The van der Waals surface area contributed by atoms with Crippen molar-refractivity contribution in [1.29, 1.82) is 0 Å². The summed E-state index contributed by atoms with van der Waals surface area (Å²) >= 11 is 5.20. The van der Waals surface area contributed by atoms with Gasteiger partial charge in [-0.2, -0.15) is 0 Å². The van der Waals surface area contributed by atoms with E-state index in [9.17, 15) is 0 Å². The Hall–Kier alpha value is 2.24. The standard InChI is InChI=1S/C12H10P4Se5/c1-3-7-11(8-4-1)17-13-15-20-14(16(19-13)21-15)18-12-9-5-2-6-10-12/h1-10H. The van der Waals surface area contributed by atoms with Crippen LogP contribution in [-0.4, -0.2) is 69.8 Å². The molecule has 0 saturated carbocycles. The molecule has 4 unspecified atom stereocenters. The van der Waals surface area contributed by atoms with Gasteiger partial charge in [0.15, 0.2) is 0 Å².